The Balaban J connectivity index is 2.22. The van der Waals surface area contributed by atoms with E-state index in [1.54, 1.807) is 25.1 Å². The average Bonchev–Trinajstić information content (AvgIpc) is 2.66. The van der Waals surface area contributed by atoms with Crippen molar-refractivity contribution in [2.75, 3.05) is 4.72 Å². The predicted molar refractivity (Wildman–Crippen MR) is 94.5 cm³/mol. The number of hydrogen-bond acceptors (Lipinski definition) is 4. The van der Waals surface area contributed by atoms with Gasteiger partial charge in [-0.25, -0.2) is 8.42 Å². The number of anilines is 1. The second-order valence-corrected chi connectivity index (χ2v) is 9.18. The van der Waals surface area contributed by atoms with Crippen LogP contribution in [0.15, 0.2) is 24.3 Å². The number of rotatable bonds is 5. The van der Waals surface area contributed by atoms with Crippen LogP contribution in [0.1, 0.15) is 48.0 Å². The minimum atomic E-state index is -3.38. The monoisotopic (exact) mass is 339 g/mol. The zero-order chi connectivity index (χ0) is 17.5. The standard InChI is InChI=1S/C16H26BNO4S/c1-7-12(2)23(19,20)18-14-10-8-9-13(11-14)17-21-15(3,4)16(5,6)22-17/h8-12,18H,7H2,1-6H3. The first-order valence-corrected chi connectivity index (χ1v) is 9.50. The van der Waals surface area contributed by atoms with Gasteiger partial charge in [-0.15, -0.1) is 0 Å². The molecule has 7 heteroatoms. The van der Waals surface area contributed by atoms with E-state index in [0.29, 0.717) is 12.1 Å². The lowest BCUT2D eigenvalue weighted by Gasteiger charge is -2.32. The normalized spacial score (nSPS) is 21.2. The molecule has 0 bridgehead atoms. The molecule has 5 nitrogen and oxygen atoms in total. The summed E-state index contributed by atoms with van der Waals surface area (Å²) in [5, 5.41) is -0.442. The summed E-state index contributed by atoms with van der Waals surface area (Å²) in [6, 6.07) is 7.18. The summed E-state index contributed by atoms with van der Waals surface area (Å²) in [5.74, 6) is 0. The van der Waals surface area contributed by atoms with Crippen LogP contribution in [0.4, 0.5) is 5.69 Å². The fourth-order valence-corrected chi connectivity index (χ4v) is 3.31. The maximum Gasteiger partial charge on any atom is 0.494 e. The first-order valence-electron chi connectivity index (χ1n) is 7.96. The molecule has 0 saturated carbocycles. The predicted octanol–water partition coefficient (Wildman–Crippen LogP) is 2.53. The molecule has 0 spiro atoms. The molecule has 1 saturated heterocycles. The van der Waals surface area contributed by atoms with Crippen LogP contribution in [0, 0.1) is 0 Å². The SMILES string of the molecule is CCC(C)S(=O)(=O)Nc1cccc(B2OC(C)(C)C(C)(C)O2)c1. The topological polar surface area (TPSA) is 64.6 Å². The minimum Gasteiger partial charge on any atom is -0.399 e. The Morgan fingerprint density at radius 1 is 1.17 bits per heavy atom. The smallest absolute Gasteiger partial charge is 0.399 e. The van der Waals surface area contributed by atoms with Gasteiger partial charge in [0.25, 0.3) is 0 Å². The highest BCUT2D eigenvalue weighted by molar-refractivity contribution is 7.93. The van der Waals surface area contributed by atoms with Crippen molar-refractivity contribution in [2.45, 2.75) is 64.4 Å². The molecule has 1 N–H and O–H groups in total. The van der Waals surface area contributed by atoms with Crippen LogP contribution in [0.5, 0.6) is 0 Å². The molecule has 1 aromatic carbocycles. The molecule has 1 aromatic rings. The van der Waals surface area contributed by atoms with Gasteiger partial charge < -0.3 is 9.31 Å². The van der Waals surface area contributed by atoms with Crippen molar-refractivity contribution in [3.63, 3.8) is 0 Å². The van der Waals surface area contributed by atoms with Crippen molar-refractivity contribution in [1.82, 2.24) is 0 Å². The summed E-state index contributed by atoms with van der Waals surface area (Å²) < 4.78 is 39.0. The molecule has 0 aliphatic carbocycles. The summed E-state index contributed by atoms with van der Waals surface area (Å²) in [6.45, 7) is 11.5. The number of sulfonamides is 1. The van der Waals surface area contributed by atoms with E-state index in [1.165, 1.54) is 0 Å². The summed E-state index contributed by atoms with van der Waals surface area (Å²) in [7, 11) is -3.89. The van der Waals surface area contributed by atoms with Gasteiger partial charge in [0.05, 0.1) is 16.5 Å². The summed E-state index contributed by atoms with van der Waals surface area (Å²) in [5.41, 5.74) is 0.471. The van der Waals surface area contributed by atoms with Gasteiger partial charge >= 0.3 is 7.12 Å². The summed E-state index contributed by atoms with van der Waals surface area (Å²) >= 11 is 0. The van der Waals surface area contributed by atoms with Gasteiger partial charge in [0.2, 0.25) is 10.0 Å². The Hall–Kier alpha value is -1.05. The molecule has 128 valence electrons. The Morgan fingerprint density at radius 3 is 2.26 bits per heavy atom. The van der Waals surface area contributed by atoms with Crippen molar-refractivity contribution in [2.24, 2.45) is 0 Å². The van der Waals surface area contributed by atoms with E-state index in [-0.39, 0.29) is 0 Å². The maximum absolute atomic E-state index is 12.2. The van der Waals surface area contributed by atoms with Crippen molar-refractivity contribution in [3.8, 4) is 0 Å². The second kappa shape index (κ2) is 6.11. The molecule has 1 aliphatic rings. The largest absolute Gasteiger partial charge is 0.494 e. The highest BCUT2D eigenvalue weighted by Gasteiger charge is 2.51. The van der Waals surface area contributed by atoms with E-state index in [2.05, 4.69) is 4.72 Å². The van der Waals surface area contributed by atoms with Gasteiger partial charge in [0, 0.05) is 5.69 Å². The molecule has 1 aliphatic heterocycles. The van der Waals surface area contributed by atoms with Crippen molar-refractivity contribution < 1.29 is 17.7 Å². The first kappa shape index (κ1) is 18.3. The third kappa shape index (κ3) is 3.73. The van der Waals surface area contributed by atoms with Gasteiger partial charge in [-0.05, 0) is 58.6 Å². The molecule has 1 fully saturated rings. The number of benzene rings is 1. The Bertz CT molecular complexity index is 656. The maximum atomic E-state index is 12.2. The van der Waals surface area contributed by atoms with Crippen LogP contribution in [-0.2, 0) is 19.3 Å². The Labute approximate surface area is 140 Å². The molecule has 1 atom stereocenters. The second-order valence-electron chi connectivity index (χ2n) is 7.08. The molecule has 0 amide bonds. The molecular formula is C16H26BNO4S. The van der Waals surface area contributed by atoms with E-state index in [0.717, 1.165) is 5.46 Å². The fraction of sp³-hybridized carbons (Fsp3) is 0.625. The molecule has 2 rings (SSSR count). The van der Waals surface area contributed by atoms with Gasteiger partial charge in [0.15, 0.2) is 0 Å². The number of hydrogen-bond donors (Lipinski definition) is 1. The fourth-order valence-electron chi connectivity index (χ4n) is 2.21. The quantitative estimate of drug-likeness (QED) is 0.838. The summed E-state index contributed by atoms with van der Waals surface area (Å²) in [6.07, 6.45) is 0.562. The Kier molecular flexibility index (Phi) is 4.86. The van der Waals surface area contributed by atoms with Crippen LogP contribution in [0.3, 0.4) is 0 Å². The van der Waals surface area contributed by atoms with Crippen LogP contribution >= 0.6 is 0 Å². The van der Waals surface area contributed by atoms with Crippen molar-refractivity contribution >= 4 is 28.3 Å². The number of nitrogens with one attached hydrogen (secondary N) is 1. The van der Waals surface area contributed by atoms with E-state index < -0.39 is 33.6 Å². The van der Waals surface area contributed by atoms with Crippen molar-refractivity contribution in [3.05, 3.63) is 24.3 Å². The molecule has 23 heavy (non-hydrogen) atoms. The zero-order valence-corrected chi connectivity index (χ0v) is 15.5. The van der Waals surface area contributed by atoms with Crippen LogP contribution in [-0.4, -0.2) is 32.0 Å². The zero-order valence-electron chi connectivity index (χ0n) is 14.7. The summed E-state index contributed by atoms with van der Waals surface area (Å²) in [4.78, 5) is 0. The van der Waals surface area contributed by atoms with Crippen LogP contribution in [0.2, 0.25) is 0 Å². The van der Waals surface area contributed by atoms with Gasteiger partial charge in [0.1, 0.15) is 0 Å². The van der Waals surface area contributed by atoms with Gasteiger partial charge in [-0.2, -0.15) is 0 Å². The molecule has 0 aromatic heterocycles. The van der Waals surface area contributed by atoms with Gasteiger partial charge in [-0.3, -0.25) is 4.72 Å². The molecular weight excluding hydrogens is 313 g/mol. The van der Waals surface area contributed by atoms with E-state index in [1.807, 2.05) is 40.7 Å². The van der Waals surface area contributed by atoms with Crippen LogP contribution in [0.25, 0.3) is 0 Å². The minimum absolute atomic E-state index is 0.427. The average molecular weight is 339 g/mol. The highest BCUT2D eigenvalue weighted by atomic mass is 32.2. The molecule has 1 unspecified atom stereocenters. The van der Waals surface area contributed by atoms with Crippen molar-refractivity contribution in [1.29, 1.82) is 0 Å². The molecule has 1 heterocycles. The third-order valence-electron chi connectivity index (χ3n) is 4.78. The Morgan fingerprint density at radius 2 is 1.74 bits per heavy atom. The lowest BCUT2D eigenvalue weighted by molar-refractivity contribution is 0.00578. The van der Waals surface area contributed by atoms with E-state index >= 15 is 0 Å². The lowest BCUT2D eigenvalue weighted by atomic mass is 9.79. The molecule has 0 radical (unpaired) electrons. The van der Waals surface area contributed by atoms with E-state index in [4.69, 9.17) is 9.31 Å². The van der Waals surface area contributed by atoms with Crippen LogP contribution < -0.4 is 10.2 Å². The lowest BCUT2D eigenvalue weighted by Crippen LogP contribution is -2.41. The first-order chi connectivity index (χ1) is 10.5. The van der Waals surface area contributed by atoms with Gasteiger partial charge in [-0.1, -0.05) is 19.1 Å². The highest BCUT2D eigenvalue weighted by Crippen LogP contribution is 2.36. The van der Waals surface area contributed by atoms with E-state index in [9.17, 15) is 8.42 Å². The third-order valence-corrected chi connectivity index (χ3v) is 6.69.